The van der Waals surface area contributed by atoms with Gasteiger partial charge in [-0.15, -0.1) is 0 Å². The minimum atomic E-state index is -0.323. The number of furan rings is 1. The average molecular weight is 234 g/mol. The molecule has 0 aromatic carbocycles. The molecule has 2 aromatic rings. The minimum Gasteiger partial charge on any atom is -0.467 e. The SMILES string of the molecule is Cc1[nH]nc(C(=O)NC(C)c2ccco2)c1N. The van der Waals surface area contributed by atoms with Crippen molar-refractivity contribution in [1.82, 2.24) is 15.5 Å². The number of carbonyl (C=O) groups excluding carboxylic acids is 1. The van der Waals surface area contributed by atoms with Gasteiger partial charge in [-0.2, -0.15) is 5.10 Å². The number of aryl methyl sites for hydroxylation is 1. The van der Waals surface area contributed by atoms with Gasteiger partial charge in [0.05, 0.1) is 23.7 Å². The van der Waals surface area contributed by atoms with Gasteiger partial charge in [0.2, 0.25) is 0 Å². The second-order valence-corrected chi connectivity index (χ2v) is 3.82. The first kappa shape index (κ1) is 11.3. The maximum atomic E-state index is 11.9. The number of nitrogens with zero attached hydrogens (tertiary/aromatic N) is 1. The molecule has 90 valence electrons. The van der Waals surface area contributed by atoms with Crippen LogP contribution in [0.2, 0.25) is 0 Å². The van der Waals surface area contributed by atoms with Crippen LogP contribution in [0.5, 0.6) is 0 Å². The van der Waals surface area contributed by atoms with Gasteiger partial charge >= 0.3 is 0 Å². The quantitative estimate of drug-likeness (QED) is 0.747. The lowest BCUT2D eigenvalue weighted by Gasteiger charge is -2.10. The van der Waals surface area contributed by atoms with Crippen LogP contribution in [-0.4, -0.2) is 16.1 Å². The van der Waals surface area contributed by atoms with Crippen molar-refractivity contribution >= 4 is 11.6 Å². The number of nitrogens with two attached hydrogens (primary N) is 1. The standard InChI is InChI=1S/C11H14N4O2/c1-6(8-4-3-5-17-8)13-11(16)10-9(12)7(2)14-15-10/h3-6H,12H2,1-2H3,(H,13,16)(H,14,15). The molecule has 0 saturated carbocycles. The highest BCUT2D eigenvalue weighted by Crippen LogP contribution is 2.16. The fraction of sp³-hybridized carbons (Fsp3) is 0.273. The highest BCUT2D eigenvalue weighted by molar-refractivity contribution is 5.97. The number of hydrogen-bond acceptors (Lipinski definition) is 4. The van der Waals surface area contributed by atoms with Gasteiger partial charge in [0.15, 0.2) is 5.69 Å². The van der Waals surface area contributed by atoms with Gasteiger partial charge in [-0.3, -0.25) is 9.89 Å². The lowest BCUT2D eigenvalue weighted by atomic mass is 10.2. The summed E-state index contributed by atoms with van der Waals surface area (Å²) in [6.45, 7) is 3.58. The molecular formula is C11H14N4O2. The Morgan fingerprint density at radius 2 is 2.41 bits per heavy atom. The van der Waals surface area contributed by atoms with E-state index in [-0.39, 0.29) is 17.6 Å². The first-order valence-electron chi connectivity index (χ1n) is 5.24. The highest BCUT2D eigenvalue weighted by Gasteiger charge is 2.18. The van der Waals surface area contributed by atoms with E-state index in [0.29, 0.717) is 17.1 Å². The van der Waals surface area contributed by atoms with E-state index in [0.717, 1.165) is 0 Å². The molecule has 6 heteroatoms. The lowest BCUT2D eigenvalue weighted by molar-refractivity contribution is 0.0931. The molecule has 2 heterocycles. The number of hydrogen-bond donors (Lipinski definition) is 3. The van der Waals surface area contributed by atoms with Crippen LogP contribution in [0.4, 0.5) is 5.69 Å². The summed E-state index contributed by atoms with van der Waals surface area (Å²) >= 11 is 0. The van der Waals surface area contributed by atoms with Crippen molar-refractivity contribution in [1.29, 1.82) is 0 Å². The molecule has 1 atom stereocenters. The number of H-pyrrole nitrogens is 1. The van der Waals surface area contributed by atoms with Crippen LogP contribution in [0.15, 0.2) is 22.8 Å². The van der Waals surface area contributed by atoms with Crippen LogP contribution in [0.25, 0.3) is 0 Å². The van der Waals surface area contributed by atoms with Crippen molar-refractivity contribution in [2.24, 2.45) is 0 Å². The predicted octanol–water partition coefficient (Wildman–Crippen LogP) is 1.38. The van der Waals surface area contributed by atoms with E-state index in [1.165, 1.54) is 0 Å². The number of aromatic nitrogens is 2. The molecule has 1 unspecified atom stereocenters. The van der Waals surface area contributed by atoms with Gasteiger partial charge in [-0.25, -0.2) is 0 Å². The molecule has 2 rings (SSSR count). The molecule has 2 aromatic heterocycles. The largest absolute Gasteiger partial charge is 0.467 e. The number of anilines is 1. The van der Waals surface area contributed by atoms with Crippen LogP contribution in [0.1, 0.15) is 34.9 Å². The number of amides is 1. The van der Waals surface area contributed by atoms with Gasteiger partial charge in [-0.05, 0) is 26.0 Å². The molecule has 6 nitrogen and oxygen atoms in total. The maximum Gasteiger partial charge on any atom is 0.274 e. The van der Waals surface area contributed by atoms with Gasteiger partial charge in [0.25, 0.3) is 5.91 Å². The molecule has 17 heavy (non-hydrogen) atoms. The van der Waals surface area contributed by atoms with Crippen molar-refractivity contribution in [2.75, 3.05) is 5.73 Å². The summed E-state index contributed by atoms with van der Waals surface area (Å²) in [6, 6.07) is 3.34. The molecule has 0 spiro atoms. The molecule has 0 aliphatic carbocycles. The third kappa shape index (κ3) is 2.15. The third-order valence-corrected chi connectivity index (χ3v) is 2.53. The van der Waals surface area contributed by atoms with E-state index in [9.17, 15) is 4.79 Å². The average Bonchev–Trinajstić information content (AvgIpc) is 2.90. The second kappa shape index (κ2) is 4.32. The van der Waals surface area contributed by atoms with Gasteiger partial charge in [0, 0.05) is 0 Å². The zero-order chi connectivity index (χ0) is 12.4. The lowest BCUT2D eigenvalue weighted by Crippen LogP contribution is -2.27. The number of nitrogens with one attached hydrogen (secondary N) is 2. The van der Waals surface area contributed by atoms with Gasteiger partial charge < -0.3 is 15.5 Å². The minimum absolute atomic E-state index is 0.209. The Kier molecular flexibility index (Phi) is 2.86. The smallest absolute Gasteiger partial charge is 0.274 e. The molecule has 0 aliphatic rings. The van der Waals surface area contributed by atoms with Gasteiger partial charge in [0.1, 0.15) is 5.76 Å². The van der Waals surface area contributed by atoms with Crippen LogP contribution >= 0.6 is 0 Å². The molecule has 0 radical (unpaired) electrons. The predicted molar refractivity (Wildman–Crippen MR) is 62.3 cm³/mol. The van der Waals surface area contributed by atoms with Crippen LogP contribution in [-0.2, 0) is 0 Å². The van der Waals surface area contributed by atoms with Crippen LogP contribution in [0.3, 0.4) is 0 Å². The van der Waals surface area contributed by atoms with Crippen molar-refractivity contribution < 1.29 is 9.21 Å². The number of nitrogen functional groups attached to an aromatic ring is 1. The third-order valence-electron chi connectivity index (χ3n) is 2.53. The summed E-state index contributed by atoms with van der Waals surface area (Å²) in [5.41, 5.74) is 6.98. The zero-order valence-corrected chi connectivity index (χ0v) is 9.65. The molecule has 0 saturated heterocycles. The van der Waals surface area contributed by atoms with Crippen molar-refractivity contribution in [3.8, 4) is 0 Å². The van der Waals surface area contributed by atoms with E-state index in [1.807, 2.05) is 6.92 Å². The summed E-state index contributed by atoms with van der Waals surface area (Å²) in [5, 5.41) is 9.28. The Bertz CT molecular complexity index is 516. The highest BCUT2D eigenvalue weighted by atomic mass is 16.3. The molecule has 0 aliphatic heterocycles. The van der Waals surface area contributed by atoms with Gasteiger partial charge in [-0.1, -0.05) is 0 Å². The number of rotatable bonds is 3. The Labute approximate surface area is 98.2 Å². The number of aromatic amines is 1. The zero-order valence-electron chi connectivity index (χ0n) is 9.65. The monoisotopic (exact) mass is 234 g/mol. The van der Waals surface area contributed by atoms with E-state index >= 15 is 0 Å². The summed E-state index contributed by atoms with van der Waals surface area (Å²) in [4.78, 5) is 11.9. The summed E-state index contributed by atoms with van der Waals surface area (Å²) < 4.78 is 5.19. The first-order chi connectivity index (χ1) is 8.09. The Morgan fingerprint density at radius 3 is 2.94 bits per heavy atom. The Morgan fingerprint density at radius 1 is 1.65 bits per heavy atom. The Hall–Kier alpha value is -2.24. The maximum absolute atomic E-state index is 11.9. The van der Waals surface area contributed by atoms with Crippen molar-refractivity contribution in [2.45, 2.75) is 19.9 Å². The molecular weight excluding hydrogens is 220 g/mol. The molecule has 0 bridgehead atoms. The first-order valence-corrected chi connectivity index (χ1v) is 5.24. The number of carbonyl (C=O) groups is 1. The fourth-order valence-electron chi connectivity index (χ4n) is 1.48. The normalized spacial score (nSPS) is 12.4. The molecule has 4 N–H and O–H groups in total. The van der Waals surface area contributed by atoms with E-state index in [2.05, 4.69) is 15.5 Å². The summed E-state index contributed by atoms with van der Waals surface area (Å²) in [7, 11) is 0. The topological polar surface area (TPSA) is 96.9 Å². The van der Waals surface area contributed by atoms with E-state index in [1.54, 1.807) is 25.3 Å². The molecule has 1 amide bonds. The summed E-state index contributed by atoms with van der Waals surface area (Å²) in [5.74, 6) is 0.361. The summed E-state index contributed by atoms with van der Waals surface area (Å²) in [6.07, 6.45) is 1.56. The fourth-order valence-corrected chi connectivity index (χ4v) is 1.48. The van der Waals surface area contributed by atoms with Crippen molar-refractivity contribution in [3.05, 3.63) is 35.5 Å². The van der Waals surface area contributed by atoms with E-state index in [4.69, 9.17) is 10.2 Å². The van der Waals surface area contributed by atoms with Crippen LogP contribution in [0, 0.1) is 6.92 Å². The van der Waals surface area contributed by atoms with E-state index < -0.39 is 0 Å². The Balaban J connectivity index is 2.10. The van der Waals surface area contributed by atoms with Crippen molar-refractivity contribution in [3.63, 3.8) is 0 Å². The second-order valence-electron chi connectivity index (χ2n) is 3.82. The molecule has 0 fully saturated rings. The van der Waals surface area contributed by atoms with Crippen LogP contribution < -0.4 is 11.1 Å².